The molecule has 0 bridgehead atoms. The largest absolute Gasteiger partial charge is 0.473 e. The molecule has 0 aliphatic carbocycles. The standard InChI is InChI=1S/C9H12ClNO2S/c1-5(6(2)12)4-7-8(10)11-9(13-3)14-7/h4,6,12H,1-3H3/b5-4-. The zero-order valence-electron chi connectivity index (χ0n) is 8.24. The molecule has 0 saturated heterocycles. The number of ether oxygens (including phenoxy) is 1. The van der Waals surface area contributed by atoms with E-state index in [4.69, 9.17) is 16.3 Å². The fourth-order valence-electron chi connectivity index (χ4n) is 0.798. The molecular formula is C9H12ClNO2S. The molecule has 1 unspecified atom stereocenters. The summed E-state index contributed by atoms with van der Waals surface area (Å²) in [6.45, 7) is 3.55. The van der Waals surface area contributed by atoms with Gasteiger partial charge in [0.1, 0.15) is 0 Å². The van der Waals surface area contributed by atoms with Crippen LogP contribution in [-0.4, -0.2) is 23.3 Å². The van der Waals surface area contributed by atoms with Gasteiger partial charge >= 0.3 is 0 Å². The molecule has 0 saturated carbocycles. The van der Waals surface area contributed by atoms with E-state index in [0.29, 0.717) is 10.3 Å². The zero-order valence-corrected chi connectivity index (χ0v) is 9.82. The van der Waals surface area contributed by atoms with Crippen LogP contribution in [0.15, 0.2) is 5.57 Å². The van der Waals surface area contributed by atoms with Gasteiger partial charge in [-0.25, -0.2) is 0 Å². The van der Waals surface area contributed by atoms with Crippen molar-refractivity contribution in [2.24, 2.45) is 0 Å². The van der Waals surface area contributed by atoms with Crippen molar-refractivity contribution in [3.05, 3.63) is 15.6 Å². The van der Waals surface area contributed by atoms with Crippen LogP contribution in [0.3, 0.4) is 0 Å². The van der Waals surface area contributed by atoms with Crippen molar-refractivity contribution < 1.29 is 9.84 Å². The smallest absolute Gasteiger partial charge is 0.274 e. The van der Waals surface area contributed by atoms with Gasteiger partial charge in [0.05, 0.1) is 18.1 Å². The maximum atomic E-state index is 9.28. The first-order valence-corrected chi connectivity index (χ1v) is 5.30. The minimum absolute atomic E-state index is 0.409. The van der Waals surface area contributed by atoms with Gasteiger partial charge in [-0.3, -0.25) is 0 Å². The molecular weight excluding hydrogens is 222 g/mol. The zero-order chi connectivity index (χ0) is 10.7. The fraction of sp³-hybridized carbons (Fsp3) is 0.444. The lowest BCUT2D eigenvalue weighted by atomic mass is 10.2. The lowest BCUT2D eigenvalue weighted by molar-refractivity contribution is 0.232. The van der Waals surface area contributed by atoms with Gasteiger partial charge in [-0.1, -0.05) is 22.9 Å². The predicted molar refractivity (Wildman–Crippen MR) is 59.0 cm³/mol. The van der Waals surface area contributed by atoms with Gasteiger partial charge < -0.3 is 9.84 Å². The topological polar surface area (TPSA) is 42.4 Å². The highest BCUT2D eigenvalue weighted by Gasteiger charge is 2.08. The Morgan fingerprint density at radius 3 is 2.79 bits per heavy atom. The summed E-state index contributed by atoms with van der Waals surface area (Å²) < 4.78 is 4.95. The van der Waals surface area contributed by atoms with Crippen LogP contribution in [-0.2, 0) is 0 Å². The Morgan fingerprint density at radius 1 is 1.71 bits per heavy atom. The lowest BCUT2D eigenvalue weighted by Crippen LogP contribution is -1.99. The van der Waals surface area contributed by atoms with E-state index in [9.17, 15) is 5.11 Å². The van der Waals surface area contributed by atoms with Gasteiger partial charge in [0.2, 0.25) is 0 Å². The molecule has 0 radical (unpaired) electrons. The van der Waals surface area contributed by atoms with E-state index in [2.05, 4.69) is 4.98 Å². The second-order valence-corrected chi connectivity index (χ2v) is 4.25. The highest BCUT2D eigenvalue weighted by Crippen LogP contribution is 2.30. The summed E-state index contributed by atoms with van der Waals surface area (Å²) in [5, 5.41) is 10.2. The van der Waals surface area contributed by atoms with E-state index in [0.717, 1.165) is 10.5 Å². The Hall–Kier alpha value is -0.580. The van der Waals surface area contributed by atoms with Crippen molar-refractivity contribution in [1.82, 2.24) is 4.98 Å². The molecule has 1 aromatic rings. The number of aliphatic hydroxyl groups excluding tert-OH is 1. The third-order valence-electron chi connectivity index (χ3n) is 1.78. The first-order chi connectivity index (χ1) is 6.54. The normalized spacial score (nSPS) is 14.2. The van der Waals surface area contributed by atoms with E-state index in [1.807, 2.05) is 13.0 Å². The Labute approximate surface area is 92.0 Å². The van der Waals surface area contributed by atoms with Gasteiger partial charge in [0.25, 0.3) is 5.19 Å². The molecule has 1 N–H and O–H groups in total. The highest BCUT2D eigenvalue weighted by molar-refractivity contribution is 7.14. The maximum absolute atomic E-state index is 9.28. The molecule has 1 atom stereocenters. The van der Waals surface area contributed by atoms with Crippen LogP contribution in [0.5, 0.6) is 5.19 Å². The third kappa shape index (κ3) is 2.70. The summed E-state index contributed by atoms with van der Waals surface area (Å²) in [5.41, 5.74) is 0.846. The Balaban J connectivity index is 2.96. The quantitative estimate of drug-likeness (QED) is 0.873. The fourth-order valence-corrected chi connectivity index (χ4v) is 1.88. The van der Waals surface area contributed by atoms with E-state index in [1.165, 1.54) is 11.3 Å². The van der Waals surface area contributed by atoms with Crippen LogP contribution in [0, 0.1) is 0 Å². The molecule has 3 nitrogen and oxygen atoms in total. The number of halogens is 1. The average Bonchev–Trinajstić information content (AvgIpc) is 2.47. The van der Waals surface area contributed by atoms with Crippen LogP contribution < -0.4 is 4.74 Å². The van der Waals surface area contributed by atoms with Crippen molar-refractivity contribution in [2.45, 2.75) is 20.0 Å². The van der Waals surface area contributed by atoms with Crippen molar-refractivity contribution in [3.63, 3.8) is 0 Å². The van der Waals surface area contributed by atoms with Gasteiger partial charge in [0, 0.05) is 0 Å². The van der Waals surface area contributed by atoms with E-state index >= 15 is 0 Å². The van der Waals surface area contributed by atoms with E-state index in [1.54, 1.807) is 14.0 Å². The predicted octanol–water partition coefficient (Wildman–Crippen LogP) is 2.59. The summed E-state index contributed by atoms with van der Waals surface area (Å²) in [5.74, 6) is 0. The van der Waals surface area contributed by atoms with Crippen molar-refractivity contribution >= 4 is 29.0 Å². The molecule has 0 aliphatic rings. The minimum Gasteiger partial charge on any atom is -0.473 e. The summed E-state index contributed by atoms with van der Waals surface area (Å²) in [4.78, 5) is 4.78. The summed E-state index contributed by atoms with van der Waals surface area (Å²) in [7, 11) is 1.55. The first-order valence-electron chi connectivity index (χ1n) is 4.11. The molecule has 5 heteroatoms. The molecule has 0 aliphatic heterocycles. The second-order valence-electron chi connectivity index (χ2n) is 2.90. The average molecular weight is 234 g/mol. The highest BCUT2D eigenvalue weighted by atomic mass is 35.5. The molecule has 0 fully saturated rings. The van der Waals surface area contributed by atoms with Gasteiger partial charge in [-0.2, -0.15) is 4.98 Å². The number of hydrogen-bond donors (Lipinski definition) is 1. The molecule has 0 spiro atoms. The Bertz CT molecular complexity index is 347. The summed E-state index contributed by atoms with van der Waals surface area (Å²) >= 11 is 7.22. The maximum Gasteiger partial charge on any atom is 0.274 e. The molecule has 0 aromatic carbocycles. The summed E-state index contributed by atoms with van der Waals surface area (Å²) in [6, 6.07) is 0. The molecule has 0 amide bonds. The van der Waals surface area contributed by atoms with E-state index in [-0.39, 0.29) is 0 Å². The van der Waals surface area contributed by atoms with Crippen LogP contribution in [0.25, 0.3) is 6.08 Å². The number of nitrogens with zero attached hydrogens (tertiary/aromatic N) is 1. The number of hydrogen-bond acceptors (Lipinski definition) is 4. The van der Waals surface area contributed by atoms with Crippen LogP contribution >= 0.6 is 22.9 Å². The second kappa shape index (κ2) is 4.77. The molecule has 78 valence electrons. The number of aliphatic hydroxyl groups is 1. The van der Waals surface area contributed by atoms with Gasteiger partial charge in [0.15, 0.2) is 5.15 Å². The number of methoxy groups -OCH3 is 1. The molecule has 1 heterocycles. The molecule has 14 heavy (non-hydrogen) atoms. The van der Waals surface area contributed by atoms with Gasteiger partial charge in [-0.05, 0) is 25.5 Å². The molecule has 1 rings (SSSR count). The van der Waals surface area contributed by atoms with Gasteiger partial charge in [-0.15, -0.1) is 0 Å². The van der Waals surface area contributed by atoms with Crippen molar-refractivity contribution in [2.75, 3.05) is 7.11 Å². The van der Waals surface area contributed by atoms with E-state index < -0.39 is 6.10 Å². The number of rotatable bonds is 3. The number of aromatic nitrogens is 1. The van der Waals surface area contributed by atoms with Crippen LogP contribution in [0.1, 0.15) is 18.7 Å². The van der Waals surface area contributed by atoms with Crippen LogP contribution in [0.2, 0.25) is 5.15 Å². The van der Waals surface area contributed by atoms with Crippen LogP contribution in [0.4, 0.5) is 0 Å². The number of thiazole rings is 1. The molecule has 1 aromatic heterocycles. The first kappa shape index (κ1) is 11.5. The lowest BCUT2D eigenvalue weighted by Gasteiger charge is -2.02. The van der Waals surface area contributed by atoms with Crippen molar-refractivity contribution in [3.8, 4) is 5.19 Å². The SMILES string of the molecule is COc1nc(Cl)c(/C=C(/C)C(C)O)s1. The monoisotopic (exact) mass is 233 g/mol. The minimum atomic E-state index is -0.473. The summed E-state index contributed by atoms with van der Waals surface area (Å²) in [6.07, 6.45) is 1.34. The van der Waals surface area contributed by atoms with Crippen molar-refractivity contribution in [1.29, 1.82) is 0 Å². The Kier molecular flexibility index (Phi) is 3.92. The Morgan fingerprint density at radius 2 is 2.36 bits per heavy atom. The third-order valence-corrected chi connectivity index (χ3v) is 3.15.